The number of nitrogens with one attached hydrogen (secondary N) is 2. The fraction of sp³-hybridized carbons (Fsp3) is 0.500. The number of halogens is 1. The first-order valence-corrected chi connectivity index (χ1v) is 8.26. The Kier molecular flexibility index (Phi) is 5.92. The minimum atomic E-state index is -0.141. The van der Waals surface area contributed by atoms with Crippen molar-refractivity contribution in [3.8, 4) is 0 Å². The Balaban J connectivity index is 2.21. The highest BCUT2D eigenvalue weighted by molar-refractivity contribution is 14.1. The average molecular weight is 401 g/mol. The topological polar surface area (TPSA) is 71.3 Å². The van der Waals surface area contributed by atoms with E-state index in [1.807, 2.05) is 19.3 Å². The maximum atomic E-state index is 12.1. The molecule has 21 heavy (non-hydrogen) atoms. The largest absolute Gasteiger partial charge is 0.351 e. The number of carbonyl (C=O) groups is 1. The van der Waals surface area contributed by atoms with E-state index in [4.69, 9.17) is 0 Å². The van der Waals surface area contributed by atoms with Crippen LogP contribution in [-0.2, 0) is 6.54 Å². The molecule has 0 unspecified atom stereocenters. The molecule has 0 spiro atoms. The molecule has 1 amide bonds. The Morgan fingerprint density at radius 2 is 2.10 bits per heavy atom. The van der Waals surface area contributed by atoms with E-state index < -0.39 is 0 Å². The summed E-state index contributed by atoms with van der Waals surface area (Å²) in [7, 11) is 0. The van der Waals surface area contributed by atoms with Gasteiger partial charge in [-0.1, -0.05) is 13.8 Å². The summed E-state index contributed by atoms with van der Waals surface area (Å²) in [6.45, 7) is 6.53. The molecule has 0 aliphatic rings. The maximum absolute atomic E-state index is 12.1. The number of carbonyl (C=O) groups excluding carboxylic acids is 1. The zero-order valence-corrected chi connectivity index (χ0v) is 14.5. The van der Waals surface area contributed by atoms with Crippen LogP contribution >= 0.6 is 22.6 Å². The quantitative estimate of drug-likeness (QED) is 0.550. The number of hydrogen-bond acceptors (Lipinski definition) is 4. The lowest BCUT2D eigenvalue weighted by molar-refractivity contribution is 0.0947. The molecule has 0 fully saturated rings. The van der Waals surface area contributed by atoms with Gasteiger partial charge in [0.05, 0.1) is 3.57 Å². The molecule has 0 aliphatic carbocycles. The molecule has 0 saturated carbocycles. The van der Waals surface area contributed by atoms with Gasteiger partial charge in [0.25, 0.3) is 5.91 Å². The Hall–Kier alpha value is -1.22. The number of nitrogens with zero attached hydrogens (tertiary/aromatic N) is 3. The Morgan fingerprint density at radius 3 is 2.81 bits per heavy atom. The normalized spacial score (nSPS) is 11.0. The van der Waals surface area contributed by atoms with Gasteiger partial charge in [-0.25, -0.2) is 9.50 Å². The van der Waals surface area contributed by atoms with Gasteiger partial charge < -0.3 is 10.6 Å². The summed E-state index contributed by atoms with van der Waals surface area (Å²) in [6.07, 6.45) is 5.75. The minimum absolute atomic E-state index is 0.141. The number of hydrogen-bond donors (Lipinski definition) is 2. The molecule has 0 radical (unpaired) electrons. The molecule has 7 heteroatoms. The Labute approximate surface area is 137 Å². The second kappa shape index (κ2) is 7.69. The summed E-state index contributed by atoms with van der Waals surface area (Å²) in [5.41, 5.74) is 2.21. The molecule has 0 aromatic carbocycles. The van der Waals surface area contributed by atoms with E-state index in [9.17, 15) is 4.79 Å². The van der Waals surface area contributed by atoms with E-state index in [2.05, 4.69) is 50.2 Å². The lowest BCUT2D eigenvalue weighted by atomic mass is 10.3. The van der Waals surface area contributed by atoms with Crippen LogP contribution in [0.4, 0.5) is 0 Å². The Bertz CT molecular complexity index is 625. The van der Waals surface area contributed by atoms with E-state index in [1.165, 1.54) is 0 Å². The molecule has 2 heterocycles. The first-order valence-electron chi connectivity index (χ1n) is 7.19. The Morgan fingerprint density at radius 1 is 1.33 bits per heavy atom. The predicted octanol–water partition coefficient (Wildman–Crippen LogP) is 1.97. The van der Waals surface area contributed by atoms with Crippen LogP contribution in [0.1, 0.15) is 42.7 Å². The fourth-order valence-electron chi connectivity index (χ4n) is 1.91. The van der Waals surface area contributed by atoms with Crippen LogP contribution in [0.3, 0.4) is 0 Å². The summed E-state index contributed by atoms with van der Waals surface area (Å²) < 4.78 is 2.47. The van der Waals surface area contributed by atoms with Gasteiger partial charge in [0.1, 0.15) is 0 Å². The van der Waals surface area contributed by atoms with E-state index in [1.54, 1.807) is 4.52 Å². The highest BCUT2D eigenvalue weighted by Crippen LogP contribution is 2.17. The van der Waals surface area contributed by atoms with Gasteiger partial charge in [-0.15, -0.1) is 0 Å². The summed E-state index contributed by atoms with van der Waals surface area (Å²) >= 11 is 2.13. The smallest absolute Gasteiger partial charge is 0.272 e. The van der Waals surface area contributed by atoms with Crippen molar-refractivity contribution in [2.45, 2.75) is 33.2 Å². The monoisotopic (exact) mass is 401 g/mol. The van der Waals surface area contributed by atoms with Crippen molar-refractivity contribution in [1.29, 1.82) is 0 Å². The van der Waals surface area contributed by atoms with Crippen molar-refractivity contribution in [3.05, 3.63) is 27.2 Å². The van der Waals surface area contributed by atoms with Crippen LogP contribution in [-0.4, -0.2) is 33.6 Å². The molecule has 114 valence electrons. The molecule has 2 N–H and O–H groups in total. The lowest BCUT2D eigenvalue weighted by Crippen LogP contribution is -2.25. The van der Waals surface area contributed by atoms with E-state index >= 15 is 0 Å². The van der Waals surface area contributed by atoms with Crippen LogP contribution in [0.2, 0.25) is 0 Å². The van der Waals surface area contributed by atoms with Gasteiger partial charge in [-0.2, -0.15) is 5.10 Å². The summed E-state index contributed by atoms with van der Waals surface area (Å²) in [5.74, 6) is -0.141. The van der Waals surface area contributed by atoms with Crippen LogP contribution in [0.15, 0.2) is 12.4 Å². The zero-order valence-electron chi connectivity index (χ0n) is 12.3. The second-order valence-corrected chi connectivity index (χ2v) is 5.90. The van der Waals surface area contributed by atoms with Crippen molar-refractivity contribution >= 4 is 34.1 Å². The molecule has 0 saturated heterocycles. The summed E-state index contributed by atoms with van der Waals surface area (Å²) in [4.78, 5) is 16.5. The van der Waals surface area contributed by atoms with Crippen LogP contribution in [0.25, 0.3) is 5.65 Å². The predicted molar refractivity (Wildman–Crippen MR) is 90.3 cm³/mol. The third-order valence-electron chi connectivity index (χ3n) is 2.98. The molecular formula is C14H20IN5O. The first-order chi connectivity index (χ1) is 10.2. The van der Waals surface area contributed by atoms with E-state index in [0.717, 1.165) is 40.7 Å². The second-order valence-electron chi connectivity index (χ2n) is 4.83. The fourth-order valence-corrected chi connectivity index (χ4v) is 2.65. The van der Waals surface area contributed by atoms with Crippen molar-refractivity contribution in [2.75, 3.05) is 13.1 Å². The van der Waals surface area contributed by atoms with Gasteiger partial charge in [0.15, 0.2) is 11.3 Å². The van der Waals surface area contributed by atoms with Crippen molar-refractivity contribution in [1.82, 2.24) is 25.2 Å². The molecular weight excluding hydrogens is 381 g/mol. The van der Waals surface area contributed by atoms with Crippen LogP contribution in [0, 0.1) is 3.57 Å². The van der Waals surface area contributed by atoms with Crippen molar-refractivity contribution < 1.29 is 4.79 Å². The first kappa shape index (κ1) is 16.2. The molecule has 6 nitrogen and oxygen atoms in total. The molecule has 2 rings (SSSR count). The third kappa shape index (κ3) is 3.91. The zero-order chi connectivity index (χ0) is 15.2. The molecule has 2 aromatic rings. The number of fused-ring (bicyclic) bond motifs is 1. The van der Waals surface area contributed by atoms with Crippen LogP contribution < -0.4 is 10.6 Å². The molecule has 2 aromatic heterocycles. The van der Waals surface area contributed by atoms with Crippen LogP contribution in [0.5, 0.6) is 0 Å². The van der Waals surface area contributed by atoms with Crippen molar-refractivity contribution in [2.24, 2.45) is 0 Å². The maximum Gasteiger partial charge on any atom is 0.272 e. The molecule has 0 aliphatic heterocycles. The lowest BCUT2D eigenvalue weighted by Gasteiger charge is -2.02. The van der Waals surface area contributed by atoms with Crippen molar-refractivity contribution in [3.63, 3.8) is 0 Å². The van der Waals surface area contributed by atoms with E-state index in [0.29, 0.717) is 12.2 Å². The van der Waals surface area contributed by atoms with Gasteiger partial charge in [0, 0.05) is 31.0 Å². The molecule has 0 bridgehead atoms. The van der Waals surface area contributed by atoms with Gasteiger partial charge in [0.2, 0.25) is 0 Å². The number of rotatable bonds is 7. The number of aromatic nitrogens is 3. The molecule has 0 atom stereocenters. The van der Waals surface area contributed by atoms with Gasteiger partial charge in [-0.3, -0.25) is 4.79 Å². The highest BCUT2D eigenvalue weighted by Gasteiger charge is 2.18. The van der Waals surface area contributed by atoms with Gasteiger partial charge in [-0.05, 0) is 42.0 Å². The van der Waals surface area contributed by atoms with Gasteiger partial charge >= 0.3 is 0 Å². The third-order valence-corrected chi connectivity index (χ3v) is 3.97. The SMILES string of the molecule is CCCNCc1cnc2c(I)c(C(=O)NCCC)nn2c1. The van der Waals surface area contributed by atoms with E-state index in [-0.39, 0.29) is 5.91 Å². The standard InChI is InChI=1S/C14H20IN5O/c1-3-5-16-7-10-8-18-13-11(15)12(19-20(13)9-10)14(21)17-6-4-2/h8-9,16H,3-7H2,1-2H3,(H,17,21). The number of amides is 1. The highest BCUT2D eigenvalue weighted by atomic mass is 127. The minimum Gasteiger partial charge on any atom is -0.351 e. The summed E-state index contributed by atoms with van der Waals surface area (Å²) in [5, 5.41) is 10.5. The summed E-state index contributed by atoms with van der Waals surface area (Å²) in [6, 6.07) is 0. The average Bonchev–Trinajstić information content (AvgIpc) is 2.82.